The zero-order valence-corrected chi connectivity index (χ0v) is 18.3. The van der Waals surface area contributed by atoms with Gasteiger partial charge in [-0.2, -0.15) is 0 Å². The number of rotatable bonds is 6. The number of hydrogen-bond donors (Lipinski definition) is 1. The smallest absolute Gasteiger partial charge is 0.269 e. The summed E-state index contributed by atoms with van der Waals surface area (Å²) < 4.78 is 38.3. The van der Waals surface area contributed by atoms with Gasteiger partial charge in [0.2, 0.25) is 0 Å². The summed E-state index contributed by atoms with van der Waals surface area (Å²) in [6.07, 6.45) is 0.819. The fourth-order valence-corrected chi connectivity index (χ4v) is 5.61. The van der Waals surface area contributed by atoms with Crippen LogP contribution < -0.4 is 14.4 Å². The molecule has 9 nitrogen and oxygen atoms in total. The lowest BCUT2D eigenvalue weighted by Gasteiger charge is -2.29. The highest BCUT2D eigenvalue weighted by Crippen LogP contribution is 2.37. The van der Waals surface area contributed by atoms with Gasteiger partial charge in [-0.25, -0.2) is 13.4 Å². The van der Waals surface area contributed by atoms with Crippen LogP contribution in [0, 0.1) is 13.8 Å². The van der Waals surface area contributed by atoms with Crippen LogP contribution in [0.1, 0.15) is 24.8 Å². The molecule has 11 heteroatoms. The van der Waals surface area contributed by atoms with Crippen LogP contribution in [0.25, 0.3) is 11.3 Å². The maximum atomic E-state index is 12.7. The molecule has 0 radical (unpaired) electrons. The second-order valence-corrected chi connectivity index (χ2v) is 9.29. The molecule has 0 aliphatic carbocycles. The maximum Gasteiger partial charge on any atom is 0.269 e. The SMILES string of the molecule is CCCN1C(=O)COc2ccc(-c3csc(NS(=O)(=O)c4c(C)noc4C)n3)cc21. The molecule has 1 aliphatic rings. The van der Waals surface area contributed by atoms with Gasteiger partial charge >= 0.3 is 0 Å². The highest BCUT2D eigenvalue weighted by atomic mass is 32.2. The molecule has 0 saturated heterocycles. The van der Waals surface area contributed by atoms with E-state index in [0.29, 0.717) is 23.7 Å². The van der Waals surface area contributed by atoms with Crippen molar-refractivity contribution in [2.75, 3.05) is 22.8 Å². The quantitative estimate of drug-likeness (QED) is 0.615. The van der Waals surface area contributed by atoms with Crippen LogP contribution in [0.5, 0.6) is 5.75 Å². The predicted octanol–water partition coefficient (Wildman–Crippen LogP) is 3.35. The molecule has 0 unspecified atom stereocenters. The van der Waals surface area contributed by atoms with Crippen molar-refractivity contribution in [2.45, 2.75) is 32.1 Å². The number of carbonyl (C=O) groups is 1. The lowest BCUT2D eigenvalue weighted by Crippen LogP contribution is -2.39. The molecule has 2 aromatic heterocycles. The zero-order valence-electron chi connectivity index (χ0n) is 16.6. The first-order chi connectivity index (χ1) is 14.3. The van der Waals surface area contributed by atoms with Crippen molar-refractivity contribution in [2.24, 2.45) is 0 Å². The van der Waals surface area contributed by atoms with E-state index in [2.05, 4.69) is 14.9 Å². The number of benzene rings is 1. The number of fused-ring (bicyclic) bond motifs is 1. The molecule has 0 spiro atoms. The highest BCUT2D eigenvalue weighted by Gasteiger charge is 2.27. The number of anilines is 2. The number of carbonyl (C=O) groups excluding carboxylic acids is 1. The maximum absolute atomic E-state index is 12.7. The molecule has 0 bridgehead atoms. The van der Waals surface area contributed by atoms with Gasteiger partial charge in [-0.05, 0) is 38.5 Å². The Morgan fingerprint density at radius 1 is 1.30 bits per heavy atom. The van der Waals surface area contributed by atoms with Crippen LogP contribution in [0.15, 0.2) is 33.0 Å². The van der Waals surface area contributed by atoms with Crippen molar-refractivity contribution in [1.82, 2.24) is 10.1 Å². The van der Waals surface area contributed by atoms with E-state index in [1.54, 1.807) is 30.2 Å². The summed E-state index contributed by atoms with van der Waals surface area (Å²) in [5, 5.41) is 5.67. The summed E-state index contributed by atoms with van der Waals surface area (Å²) in [4.78, 5) is 18.3. The number of nitrogens with zero attached hydrogens (tertiary/aromatic N) is 3. The third-order valence-electron chi connectivity index (χ3n) is 4.61. The molecule has 1 amide bonds. The van der Waals surface area contributed by atoms with E-state index in [4.69, 9.17) is 9.26 Å². The number of sulfonamides is 1. The second kappa shape index (κ2) is 7.73. The molecule has 0 atom stereocenters. The Kier molecular flexibility index (Phi) is 5.24. The number of hydrogen-bond acceptors (Lipinski definition) is 8. The van der Waals surface area contributed by atoms with E-state index in [1.165, 1.54) is 11.3 Å². The lowest BCUT2D eigenvalue weighted by atomic mass is 10.1. The number of thiazole rings is 1. The van der Waals surface area contributed by atoms with Gasteiger partial charge in [0, 0.05) is 17.5 Å². The van der Waals surface area contributed by atoms with E-state index in [1.807, 2.05) is 19.1 Å². The third kappa shape index (κ3) is 3.65. The van der Waals surface area contributed by atoms with E-state index >= 15 is 0 Å². The average Bonchev–Trinajstić information content (AvgIpc) is 3.29. The molecular formula is C19H20N4O5S2. The first-order valence-electron chi connectivity index (χ1n) is 9.29. The van der Waals surface area contributed by atoms with Crippen molar-refractivity contribution < 1.29 is 22.5 Å². The van der Waals surface area contributed by atoms with Crippen molar-refractivity contribution in [3.63, 3.8) is 0 Å². The van der Waals surface area contributed by atoms with Gasteiger partial charge in [0.05, 0.1) is 11.4 Å². The molecule has 1 aromatic carbocycles. The van der Waals surface area contributed by atoms with Gasteiger partial charge in [0.1, 0.15) is 11.4 Å². The van der Waals surface area contributed by atoms with Crippen molar-refractivity contribution in [3.8, 4) is 17.0 Å². The van der Waals surface area contributed by atoms with Crippen LogP contribution in [-0.2, 0) is 14.8 Å². The molecule has 1 N–H and O–H groups in total. The fourth-order valence-electron chi connectivity index (χ4n) is 3.31. The Morgan fingerprint density at radius 2 is 2.10 bits per heavy atom. The summed E-state index contributed by atoms with van der Waals surface area (Å²) in [5.41, 5.74) is 2.32. The van der Waals surface area contributed by atoms with Gasteiger partial charge in [-0.3, -0.25) is 9.52 Å². The average molecular weight is 449 g/mol. The number of nitrogens with one attached hydrogen (secondary N) is 1. The molecule has 1 aliphatic heterocycles. The first-order valence-corrected chi connectivity index (χ1v) is 11.6. The molecular weight excluding hydrogens is 428 g/mol. The lowest BCUT2D eigenvalue weighted by molar-refractivity contribution is -0.121. The van der Waals surface area contributed by atoms with Crippen molar-refractivity contribution in [3.05, 3.63) is 35.0 Å². The second-order valence-electron chi connectivity index (χ2n) is 6.81. The first kappa shape index (κ1) is 20.4. The number of amides is 1. The molecule has 0 fully saturated rings. The number of aromatic nitrogens is 2. The summed E-state index contributed by atoms with van der Waals surface area (Å²) >= 11 is 1.17. The van der Waals surface area contributed by atoms with Crippen LogP contribution in [0.2, 0.25) is 0 Å². The number of aryl methyl sites for hydroxylation is 2. The van der Waals surface area contributed by atoms with Gasteiger partial charge in [0.15, 0.2) is 22.4 Å². The molecule has 0 saturated carbocycles. The largest absolute Gasteiger partial charge is 0.482 e. The summed E-state index contributed by atoms with van der Waals surface area (Å²) in [6, 6.07) is 5.47. The van der Waals surface area contributed by atoms with Crippen molar-refractivity contribution in [1.29, 1.82) is 0 Å². The van der Waals surface area contributed by atoms with Crippen molar-refractivity contribution >= 4 is 38.1 Å². The summed E-state index contributed by atoms with van der Waals surface area (Å²) in [7, 11) is -3.87. The monoisotopic (exact) mass is 448 g/mol. The molecule has 158 valence electrons. The third-order valence-corrected chi connectivity index (χ3v) is 7.08. The topological polar surface area (TPSA) is 115 Å². The molecule has 30 heavy (non-hydrogen) atoms. The fraction of sp³-hybridized carbons (Fsp3) is 0.316. The van der Waals surface area contributed by atoms with Crippen LogP contribution >= 0.6 is 11.3 Å². The Bertz CT molecular complexity index is 1200. The summed E-state index contributed by atoms with van der Waals surface area (Å²) in [6.45, 7) is 5.73. The molecule has 4 rings (SSSR count). The van der Waals surface area contributed by atoms with E-state index in [9.17, 15) is 13.2 Å². The van der Waals surface area contributed by atoms with E-state index in [-0.39, 0.29) is 34.0 Å². The normalized spacial score (nSPS) is 13.8. The minimum absolute atomic E-state index is 0.0129. The Balaban J connectivity index is 1.63. The van der Waals surface area contributed by atoms with Gasteiger partial charge in [-0.15, -0.1) is 11.3 Å². The Hall–Kier alpha value is -2.92. The van der Waals surface area contributed by atoms with E-state index < -0.39 is 10.0 Å². The minimum atomic E-state index is -3.87. The van der Waals surface area contributed by atoms with Gasteiger partial charge in [0.25, 0.3) is 15.9 Å². The molecule has 3 aromatic rings. The minimum Gasteiger partial charge on any atom is -0.482 e. The van der Waals surface area contributed by atoms with Gasteiger partial charge < -0.3 is 14.2 Å². The standard InChI is InChI=1S/C19H20N4O5S2/c1-4-7-23-15-8-13(5-6-16(15)27-9-17(23)24)14-10-29-19(20-14)22-30(25,26)18-11(2)21-28-12(18)3/h5-6,8,10H,4,7,9H2,1-3H3,(H,20,22). The molecule has 3 heterocycles. The van der Waals surface area contributed by atoms with Crippen LogP contribution in [0.4, 0.5) is 10.8 Å². The predicted molar refractivity (Wildman–Crippen MR) is 112 cm³/mol. The highest BCUT2D eigenvalue weighted by molar-refractivity contribution is 7.93. The Morgan fingerprint density at radius 3 is 2.80 bits per heavy atom. The Labute approximate surface area is 177 Å². The zero-order chi connectivity index (χ0) is 21.5. The van der Waals surface area contributed by atoms with E-state index in [0.717, 1.165) is 12.0 Å². The van der Waals surface area contributed by atoms with Gasteiger partial charge in [-0.1, -0.05) is 12.1 Å². The number of ether oxygens (including phenoxy) is 1. The van der Waals surface area contributed by atoms with Crippen LogP contribution in [0.3, 0.4) is 0 Å². The van der Waals surface area contributed by atoms with Crippen LogP contribution in [-0.4, -0.2) is 37.6 Å². The summed E-state index contributed by atoms with van der Waals surface area (Å²) in [5.74, 6) is 0.765.